The highest BCUT2D eigenvalue weighted by molar-refractivity contribution is 8.01. The molecule has 1 aromatic heterocycles. The molecule has 106 valence electrons. The van der Waals surface area contributed by atoms with Crippen LogP contribution in [0.15, 0.2) is 15.7 Å². The highest BCUT2D eigenvalue weighted by Gasteiger charge is 2.31. The van der Waals surface area contributed by atoms with Crippen LogP contribution in [0.3, 0.4) is 0 Å². The van der Waals surface area contributed by atoms with Crippen LogP contribution in [0.25, 0.3) is 0 Å². The molecule has 1 aromatic rings. The second-order valence-electron chi connectivity index (χ2n) is 6.11. The quantitative estimate of drug-likeness (QED) is 0.819. The summed E-state index contributed by atoms with van der Waals surface area (Å²) in [7, 11) is 0. The van der Waals surface area contributed by atoms with Crippen molar-refractivity contribution in [2.24, 2.45) is 5.92 Å². The van der Waals surface area contributed by atoms with Gasteiger partial charge in [-0.3, -0.25) is 0 Å². The molecule has 0 saturated heterocycles. The van der Waals surface area contributed by atoms with Crippen LogP contribution >= 0.6 is 23.1 Å². The minimum absolute atomic E-state index is 0.606. The van der Waals surface area contributed by atoms with Crippen LogP contribution < -0.4 is 5.32 Å². The van der Waals surface area contributed by atoms with Crippen molar-refractivity contribution in [3.63, 3.8) is 0 Å². The molecule has 3 heteroatoms. The van der Waals surface area contributed by atoms with E-state index in [4.69, 9.17) is 0 Å². The first-order valence-corrected chi connectivity index (χ1v) is 9.54. The molecule has 2 aliphatic rings. The van der Waals surface area contributed by atoms with Gasteiger partial charge < -0.3 is 5.32 Å². The maximum absolute atomic E-state index is 4.02. The molecule has 1 N–H and O–H groups in total. The third kappa shape index (κ3) is 3.03. The smallest absolute Gasteiger partial charge is 0.0649 e. The Hall–Kier alpha value is 0.0100. The van der Waals surface area contributed by atoms with Crippen molar-refractivity contribution < 1.29 is 0 Å². The number of hydrogen-bond acceptors (Lipinski definition) is 3. The van der Waals surface area contributed by atoms with Crippen molar-refractivity contribution in [3.05, 3.63) is 17.0 Å². The first-order valence-electron chi connectivity index (χ1n) is 7.78. The van der Waals surface area contributed by atoms with Crippen molar-refractivity contribution in [1.29, 1.82) is 0 Å². The second-order valence-corrected chi connectivity index (χ2v) is 8.73. The first kappa shape index (κ1) is 14.0. The van der Waals surface area contributed by atoms with E-state index in [0.717, 1.165) is 17.2 Å². The van der Waals surface area contributed by atoms with E-state index in [9.17, 15) is 0 Å². The van der Waals surface area contributed by atoms with Crippen molar-refractivity contribution in [1.82, 2.24) is 5.32 Å². The molecule has 1 fully saturated rings. The monoisotopic (exact) mass is 295 g/mol. The number of nitrogens with one attached hydrogen (secondary N) is 1. The Labute approximate surface area is 125 Å². The lowest BCUT2D eigenvalue weighted by atomic mass is 9.82. The molecule has 1 saturated carbocycles. The number of thioether (sulfide) groups is 1. The summed E-state index contributed by atoms with van der Waals surface area (Å²) in [6.45, 7) is 4.74. The zero-order valence-electron chi connectivity index (χ0n) is 12.0. The molecule has 3 rings (SSSR count). The normalized spacial score (nSPS) is 35.1. The lowest BCUT2D eigenvalue weighted by Crippen LogP contribution is -2.41. The number of fused-ring (bicyclic) bond motifs is 1. The molecule has 0 bridgehead atoms. The summed E-state index contributed by atoms with van der Waals surface area (Å²) < 4.78 is 1.56. The van der Waals surface area contributed by atoms with E-state index in [1.807, 2.05) is 11.3 Å². The fourth-order valence-electron chi connectivity index (χ4n) is 3.68. The van der Waals surface area contributed by atoms with E-state index in [0.29, 0.717) is 6.04 Å². The van der Waals surface area contributed by atoms with Gasteiger partial charge in [0, 0.05) is 17.3 Å². The second kappa shape index (κ2) is 6.19. The van der Waals surface area contributed by atoms with Gasteiger partial charge >= 0.3 is 0 Å². The Morgan fingerprint density at radius 1 is 1.32 bits per heavy atom. The Morgan fingerprint density at radius 2 is 2.16 bits per heavy atom. The van der Waals surface area contributed by atoms with Gasteiger partial charge in [-0.25, -0.2) is 0 Å². The molecule has 3 unspecified atom stereocenters. The maximum Gasteiger partial charge on any atom is 0.0649 e. The van der Waals surface area contributed by atoms with Crippen LogP contribution in [0.1, 0.15) is 64.0 Å². The summed E-state index contributed by atoms with van der Waals surface area (Å²) in [6, 6.07) is 3.71. The predicted octanol–water partition coefficient (Wildman–Crippen LogP) is 5.23. The summed E-state index contributed by atoms with van der Waals surface area (Å²) in [6.07, 6.45) is 8.31. The van der Waals surface area contributed by atoms with E-state index in [1.165, 1.54) is 38.5 Å². The largest absolute Gasteiger partial charge is 0.307 e. The van der Waals surface area contributed by atoms with Gasteiger partial charge in [0.2, 0.25) is 0 Å². The Bertz CT molecular complexity index is 415. The van der Waals surface area contributed by atoms with Gasteiger partial charge in [0.15, 0.2) is 0 Å². The van der Waals surface area contributed by atoms with Crippen LogP contribution in [0.4, 0.5) is 0 Å². The Kier molecular flexibility index (Phi) is 4.55. The third-order valence-electron chi connectivity index (χ3n) is 4.76. The Balaban J connectivity index is 1.72. The highest BCUT2D eigenvalue weighted by atomic mass is 32.2. The summed E-state index contributed by atoms with van der Waals surface area (Å²) in [5.74, 6) is 0.903. The minimum atomic E-state index is 0.606. The van der Waals surface area contributed by atoms with Gasteiger partial charge in [0.25, 0.3) is 0 Å². The molecule has 4 atom stereocenters. The van der Waals surface area contributed by atoms with E-state index >= 15 is 0 Å². The van der Waals surface area contributed by atoms with Crippen LogP contribution in [0.2, 0.25) is 0 Å². The van der Waals surface area contributed by atoms with E-state index in [-0.39, 0.29) is 0 Å². The third-order valence-corrected chi connectivity index (χ3v) is 7.10. The lowest BCUT2D eigenvalue weighted by Gasteiger charge is -2.37. The van der Waals surface area contributed by atoms with Gasteiger partial charge in [-0.2, -0.15) is 0 Å². The van der Waals surface area contributed by atoms with Gasteiger partial charge in [0.1, 0.15) is 0 Å². The molecule has 0 spiro atoms. The molecule has 19 heavy (non-hydrogen) atoms. The summed E-state index contributed by atoms with van der Waals surface area (Å²) in [5, 5.41) is 7.05. The van der Waals surface area contributed by atoms with Gasteiger partial charge in [-0.1, -0.05) is 33.1 Å². The summed E-state index contributed by atoms with van der Waals surface area (Å²) in [5.41, 5.74) is 1.58. The van der Waals surface area contributed by atoms with Gasteiger partial charge in [0.05, 0.1) is 4.21 Å². The molecular formula is C16H25NS2. The molecule has 0 radical (unpaired) electrons. The van der Waals surface area contributed by atoms with Gasteiger partial charge in [-0.15, -0.1) is 23.1 Å². The fraction of sp³-hybridized carbons (Fsp3) is 0.750. The maximum atomic E-state index is 4.02. The van der Waals surface area contributed by atoms with Crippen molar-refractivity contribution >= 4 is 23.1 Å². The molecule has 0 aromatic carbocycles. The van der Waals surface area contributed by atoms with Gasteiger partial charge in [-0.05, 0) is 42.2 Å². The van der Waals surface area contributed by atoms with Crippen molar-refractivity contribution in [2.75, 3.05) is 0 Å². The average molecular weight is 296 g/mol. The predicted molar refractivity (Wildman–Crippen MR) is 86.2 cm³/mol. The van der Waals surface area contributed by atoms with E-state index < -0.39 is 0 Å². The van der Waals surface area contributed by atoms with Crippen LogP contribution in [-0.2, 0) is 0 Å². The van der Waals surface area contributed by atoms with E-state index in [1.54, 1.807) is 9.77 Å². The zero-order chi connectivity index (χ0) is 13.2. The summed E-state index contributed by atoms with van der Waals surface area (Å²) in [4.78, 5) is 0. The summed E-state index contributed by atoms with van der Waals surface area (Å²) >= 11 is 3.99. The molecule has 0 amide bonds. The minimum Gasteiger partial charge on any atom is -0.307 e. The number of hydrogen-bond donors (Lipinski definition) is 1. The van der Waals surface area contributed by atoms with Crippen LogP contribution in [-0.4, -0.2) is 11.3 Å². The molecule has 1 aliphatic carbocycles. The number of rotatable bonds is 3. The van der Waals surface area contributed by atoms with Crippen LogP contribution in [0, 0.1) is 5.92 Å². The molecule has 2 heterocycles. The van der Waals surface area contributed by atoms with E-state index in [2.05, 4.69) is 42.4 Å². The topological polar surface area (TPSA) is 12.0 Å². The van der Waals surface area contributed by atoms with Crippen molar-refractivity contribution in [3.8, 4) is 0 Å². The highest BCUT2D eigenvalue weighted by Crippen LogP contribution is 2.44. The first-order chi connectivity index (χ1) is 9.28. The molecular weight excluding hydrogens is 270 g/mol. The Morgan fingerprint density at radius 3 is 3.00 bits per heavy atom. The SMILES string of the molecule is CCC1CCCCC1NC1C[C@H](C)Sc2sccc21. The fourth-order valence-corrected chi connectivity index (χ4v) is 6.25. The van der Waals surface area contributed by atoms with Crippen LogP contribution in [0.5, 0.6) is 0 Å². The van der Waals surface area contributed by atoms with Crippen molar-refractivity contribution in [2.45, 2.75) is 73.9 Å². The zero-order valence-corrected chi connectivity index (χ0v) is 13.7. The number of thiophene rings is 1. The molecule has 1 nitrogen and oxygen atoms in total. The molecule has 1 aliphatic heterocycles. The average Bonchev–Trinajstić information content (AvgIpc) is 2.87. The lowest BCUT2D eigenvalue weighted by molar-refractivity contribution is 0.232. The standard InChI is InChI=1S/C16H25NS2/c1-3-12-6-4-5-7-14(12)17-15-10-11(2)19-16-13(15)8-9-18-16/h8-9,11-12,14-15,17H,3-7,10H2,1-2H3/t11-,12?,14?,15?/m0/s1.